The van der Waals surface area contributed by atoms with Crippen molar-refractivity contribution in [2.75, 3.05) is 24.7 Å². The highest BCUT2D eigenvalue weighted by Crippen LogP contribution is 2.21. The molecule has 1 aliphatic heterocycles. The minimum Gasteiger partial charge on any atom is -0.380 e. The van der Waals surface area contributed by atoms with Crippen LogP contribution in [0.4, 0.5) is 10.5 Å². The maximum absolute atomic E-state index is 11.7. The summed E-state index contributed by atoms with van der Waals surface area (Å²) in [5.41, 5.74) is 5.03. The van der Waals surface area contributed by atoms with E-state index in [1.165, 1.54) is 0 Å². The molecule has 1 unspecified atom stereocenters. The minimum atomic E-state index is -0.326. The van der Waals surface area contributed by atoms with E-state index in [4.69, 9.17) is 4.74 Å². The van der Waals surface area contributed by atoms with Gasteiger partial charge in [-0.05, 0) is 24.6 Å². The van der Waals surface area contributed by atoms with Crippen LogP contribution in [0.15, 0.2) is 29.4 Å². The summed E-state index contributed by atoms with van der Waals surface area (Å²) >= 11 is 3.92. The Kier molecular flexibility index (Phi) is 6.18. The molecule has 0 spiro atoms. The highest BCUT2D eigenvalue weighted by atomic mass is 32.1. The first-order valence-electron chi connectivity index (χ1n) is 7.58. The maximum atomic E-state index is 11.7. The van der Waals surface area contributed by atoms with Crippen molar-refractivity contribution in [2.24, 2.45) is 11.0 Å². The van der Waals surface area contributed by atoms with Crippen molar-refractivity contribution in [3.05, 3.63) is 29.8 Å². The molecule has 0 saturated heterocycles. The molecule has 0 aromatic heterocycles. The Morgan fingerprint density at radius 3 is 2.70 bits per heavy atom. The molecule has 0 saturated carbocycles. The molecule has 124 valence electrons. The molecule has 0 aliphatic carbocycles. The lowest BCUT2D eigenvalue weighted by molar-refractivity contribution is -0.121. The zero-order valence-corrected chi connectivity index (χ0v) is 14.2. The van der Waals surface area contributed by atoms with Gasteiger partial charge < -0.3 is 9.64 Å². The molecule has 0 radical (unpaired) electrons. The predicted octanol–water partition coefficient (Wildman–Crippen LogP) is 2.44. The molecule has 2 rings (SSSR count). The third kappa shape index (κ3) is 4.56. The lowest BCUT2D eigenvalue weighted by Crippen LogP contribution is -2.32. The van der Waals surface area contributed by atoms with E-state index in [2.05, 4.69) is 23.2 Å². The topological polar surface area (TPSA) is 71.0 Å². The highest BCUT2D eigenvalue weighted by Gasteiger charge is 2.22. The van der Waals surface area contributed by atoms with Gasteiger partial charge in [0, 0.05) is 24.6 Å². The van der Waals surface area contributed by atoms with Crippen molar-refractivity contribution in [2.45, 2.75) is 20.3 Å². The van der Waals surface area contributed by atoms with E-state index in [0.29, 0.717) is 26.2 Å². The summed E-state index contributed by atoms with van der Waals surface area (Å²) in [6.07, 6.45) is 0.427. The number of hydrogen-bond donors (Lipinski definition) is 2. The fourth-order valence-electron chi connectivity index (χ4n) is 2.45. The molecule has 1 aromatic rings. The van der Waals surface area contributed by atoms with Crippen molar-refractivity contribution < 1.29 is 14.3 Å². The van der Waals surface area contributed by atoms with Crippen LogP contribution in [-0.2, 0) is 9.53 Å². The number of carbonyl (C=O) groups excluding carboxylic acids is 2. The van der Waals surface area contributed by atoms with Gasteiger partial charge in [0.15, 0.2) is 0 Å². The van der Waals surface area contributed by atoms with E-state index in [1.807, 2.05) is 38.1 Å². The van der Waals surface area contributed by atoms with E-state index in [0.717, 1.165) is 17.0 Å². The van der Waals surface area contributed by atoms with E-state index in [-0.39, 0.29) is 17.1 Å². The summed E-state index contributed by atoms with van der Waals surface area (Å²) in [7, 11) is 0. The largest absolute Gasteiger partial charge is 0.380 e. The molecule has 23 heavy (non-hydrogen) atoms. The lowest BCUT2D eigenvalue weighted by atomic mass is 9.94. The van der Waals surface area contributed by atoms with Gasteiger partial charge in [0.25, 0.3) is 5.24 Å². The second-order valence-electron chi connectivity index (χ2n) is 5.32. The molecule has 0 fully saturated rings. The summed E-state index contributed by atoms with van der Waals surface area (Å²) in [5, 5.41) is 3.81. The SMILES string of the molecule is CCOCCN(C(=O)S)c1ccc(C2=NNC(=O)CC2C)cc1. The van der Waals surface area contributed by atoms with Gasteiger partial charge in [0.1, 0.15) is 0 Å². The Morgan fingerprint density at radius 2 is 2.13 bits per heavy atom. The molecule has 1 aromatic carbocycles. The van der Waals surface area contributed by atoms with Crippen LogP contribution >= 0.6 is 12.6 Å². The summed E-state index contributed by atoms with van der Waals surface area (Å²) < 4.78 is 5.29. The zero-order valence-electron chi connectivity index (χ0n) is 13.3. The molecule has 2 amide bonds. The first-order chi connectivity index (χ1) is 11.0. The van der Waals surface area contributed by atoms with Crippen molar-refractivity contribution in [3.8, 4) is 0 Å². The smallest absolute Gasteiger partial charge is 0.283 e. The molecule has 7 heteroatoms. The number of benzene rings is 1. The number of anilines is 1. The van der Waals surface area contributed by atoms with Crippen LogP contribution in [0.25, 0.3) is 0 Å². The Morgan fingerprint density at radius 1 is 1.43 bits per heavy atom. The number of hydrogen-bond acceptors (Lipinski definition) is 4. The van der Waals surface area contributed by atoms with E-state index in [1.54, 1.807) is 4.90 Å². The second-order valence-corrected chi connectivity index (χ2v) is 5.70. The summed E-state index contributed by atoms with van der Waals surface area (Å²) in [6, 6.07) is 7.49. The van der Waals surface area contributed by atoms with Gasteiger partial charge >= 0.3 is 0 Å². The lowest BCUT2D eigenvalue weighted by Gasteiger charge is -2.22. The van der Waals surface area contributed by atoms with Gasteiger partial charge in [-0.3, -0.25) is 9.59 Å². The molecule has 6 nitrogen and oxygen atoms in total. The zero-order chi connectivity index (χ0) is 16.8. The number of thiol groups is 1. The number of nitrogens with zero attached hydrogens (tertiary/aromatic N) is 2. The summed E-state index contributed by atoms with van der Waals surface area (Å²) in [6.45, 7) is 5.39. The third-order valence-electron chi connectivity index (χ3n) is 3.63. The molecule has 1 heterocycles. The molecule has 0 bridgehead atoms. The summed E-state index contributed by atoms with van der Waals surface area (Å²) in [4.78, 5) is 24.5. The van der Waals surface area contributed by atoms with Crippen molar-refractivity contribution in [3.63, 3.8) is 0 Å². The number of carbonyl (C=O) groups is 2. The van der Waals surface area contributed by atoms with Crippen LogP contribution in [-0.4, -0.2) is 36.6 Å². The number of rotatable bonds is 6. The van der Waals surface area contributed by atoms with E-state index < -0.39 is 0 Å². The molecular weight excluding hydrogens is 314 g/mol. The maximum Gasteiger partial charge on any atom is 0.283 e. The Bertz CT molecular complexity index is 601. The molecule has 1 atom stereocenters. The quantitative estimate of drug-likeness (QED) is 0.619. The average Bonchev–Trinajstić information content (AvgIpc) is 2.52. The predicted molar refractivity (Wildman–Crippen MR) is 93.1 cm³/mol. The summed E-state index contributed by atoms with van der Waals surface area (Å²) in [5.74, 6) is -0.00388. The molecular formula is C16H21N3O3S. The van der Waals surface area contributed by atoms with Crippen LogP contribution < -0.4 is 10.3 Å². The number of nitrogens with one attached hydrogen (secondary N) is 1. The van der Waals surface area contributed by atoms with Crippen LogP contribution in [0, 0.1) is 5.92 Å². The average molecular weight is 335 g/mol. The minimum absolute atomic E-state index is 0.0650. The third-order valence-corrected chi connectivity index (χ3v) is 3.87. The normalized spacial score (nSPS) is 17.4. The van der Waals surface area contributed by atoms with E-state index >= 15 is 0 Å². The van der Waals surface area contributed by atoms with Crippen LogP contribution in [0.1, 0.15) is 25.8 Å². The van der Waals surface area contributed by atoms with Gasteiger partial charge in [0.05, 0.1) is 18.9 Å². The van der Waals surface area contributed by atoms with Crippen molar-refractivity contribution in [1.29, 1.82) is 0 Å². The van der Waals surface area contributed by atoms with Gasteiger partial charge in [-0.1, -0.05) is 31.7 Å². The monoisotopic (exact) mass is 335 g/mol. The van der Waals surface area contributed by atoms with Crippen LogP contribution in [0.2, 0.25) is 0 Å². The van der Waals surface area contributed by atoms with Crippen molar-refractivity contribution >= 4 is 35.2 Å². The van der Waals surface area contributed by atoms with Crippen LogP contribution in [0.5, 0.6) is 0 Å². The number of hydrazone groups is 1. The first kappa shape index (κ1) is 17.5. The van der Waals surface area contributed by atoms with Crippen molar-refractivity contribution in [1.82, 2.24) is 5.43 Å². The van der Waals surface area contributed by atoms with E-state index in [9.17, 15) is 9.59 Å². The molecule has 1 aliphatic rings. The molecule has 1 N–H and O–H groups in total. The first-order valence-corrected chi connectivity index (χ1v) is 8.02. The van der Waals surface area contributed by atoms with Gasteiger partial charge in [-0.15, -0.1) is 0 Å². The number of amides is 2. The second kappa shape index (κ2) is 8.12. The van der Waals surface area contributed by atoms with Gasteiger partial charge in [0.2, 0.25) is 5.91 Å². The Hall–Kier alpha value is -1.86. The van der Waals surface area contributed by atoms with Gasteiger partial charge in [-0.2, -0.15) is 5.10 Å². The Labute approximate surface area is 141 Å². The standard InChI is InChI=1S/C16H21N3O3S/c1-3-22-9-8-19(16(21)23)13-6-4-12(5-7-13)15-11(2)10-14(20)17-18-15/h4-7,11H,3,8-10H2,1-2H3,(H,17,20)(H,21,23). The fraction of sp³-hybridized carbons (Fsp3) is 0.438. The highest BCUT2D eigenvalue weighted by molar-refractivity contribution is 7.96. The van der Waals surface area contributed by atoms with Crippen LogP contribution in [0.3, 0.4) is 0 Å². The number of ether oxygens (including phenoxy) is 1. The van der Waals surface area contributed by atoms with Gasteiger partial charge in [-0.25, -0.2) is 5.43 Å². The fourth-order valence-corrected chi connectivity index (χ4v) is 2.67. The Balaban J connectivity index is 2.14.